The van der Waals surface area contributed by atoms with Crippen molar-refractivity contribution in [3.63, 3.8) is 0 Å². The molecule has 0 saturated carbocycles. The second-order valence-electron chi connectivity index (χ2n) is 11.7. The van der Waals surface area contributed by atoms with Gasteiger partial charge in [-0.05, 0) is 61.4 Å². The summed E-state index contributed by atoms with van der Waals surface area (Å²) in [6.45, 7) is 4.77. The van der Waals surface area contributed by atoms with Gasteiger partial charge in [-0.2, -0.15) is 5.10 Å². The normalized spacial score (nSPS) is 17.5. The van der Waals surface area contributed by atoms with Gasteiger partial charge in [-0.1, -0.05) is 0 Å². The molecule has 3 aromatic heterocycles. The van der Waals surface area contributed by atoms with Crippen molar-refractivity contribution in [1.29, 1.82) is 0 Å². The Morgan fingerprint density at radius 2 is 2.00 bits per heavy atom. The van der Waals surface area contributed by atoms with Crippen LogP contribution in [-0.4, -0.2) is 62.3 Å². The van der Waals surface area contributed by atoms with Crippen molar-refractivity contribution in [3.05, 3.63) is 64.7 Å². The molecule has 11 heteroatoms. The first-order chi connectivity index (χ1) is 20.9. The van der Waals surface area contributed by atoms with Gasteiger partial charge in [0.1, 0.15) is 0 Å². The van der Waals surface area contributed by atoms with Crippen LogP contribution in [0.1, 0.15) is 66.6 Å². The fourth-order valence-electron chi connectivity index (χ4n) is 7.03. The molecule has 0 atom stereocenters. The minimum Gasteiger partial charge on any atom is -0.381 e. The lowest BCUT2D eigenvalue weighted by Gasteiger charge is -2.33. The van der Waals surface area contributed by atoms with Crippen molar-refractivity contribution in [3.8, 4) is 5.69 Å². The number of fused-ring (bicyclic) bond motifs is 3. The minimum atomic E-state index is -2.68. The highest BCUT2D eigenvalue weighted by Gasteiger charge is 2.34. The van der Waals surface area contributed by atoms with Crippen LogP contribution >= 0.6 is 11.6 Å². The zero-order valence-corrected chi connectivity index (χ0v) is 25.0. The number of anilines is 2. The molecule has 0 spiro atoms. The van der Waals surface area contributed by atoms with Crippen molar-refractivity contribution >= 4 is 39.9 Å². The van der Waals surface area contributed by atoms with Crippen molar-refractivity contribution in [2.75, 3.05) is 37.1 Å². The zero-order chi connectivity index (χ0) is 29.7. The number of carbonyl (C=O) groups excluding carboxylic acids is 1. The van der Waals surface area contributed by atoms with Crippen LogP contribution in [0.15, 0.2) is 36.8 Å². The summed E-state index contributed by atoms with van der Waals surface area (Å²) in [6.07, 6.45) is 7.44. The number of hydrogen-bond acceptors (Lipinski definition) is 5. The number of pyridine rings is 1. The van der Waals surface area contributed by atoms with Crippen LogP contribution in [0.4, 0.5) is 20.3 Å². The summed E-state index contributed by atoms with van der Waals surface area (Å²) in [4.78, 5) is 20.7. The highest BCUT2D eigenvalue weighted by Crippen LogP contribution is 2.43. The van der Waals surface area contributed by atoms with Gasteiger partial charge in [-0.15, -0.1) is 11.6 Å². The van der Waals surface area contributed by atoms with Crippen LogP contribution in [0.5, 0.6) is 0 Å². The van der Waals surface area contributed by atoms with Gasteiger partial charge in [-0.3, -0.25) is 14.5 Å². The number of amides is 1. The first-order valence-electron chi connectivity index (χ1n) is 15.1. The van der Waals surface area contributed by atoms with E-state index in [4.69, 9.17) is 21.4 Å². The molecular formula is C32H35ClF2N6O2. The number of rotatable bonds is 6. The van der Waals surface area contributed by atoms with Gasteiger partial charge in [0.25, 0.3) is 6.43 Å². The van der Waals surface area contributed by atoms with E-state index < -0.39 is 6.43 Å². The molecule has 8 nitrogen and oxygen atoms in total. The van der Waals surface area contributed by atoms with Crippen LogP contribution in [-0.2, 0) is 35.3 Å². The highest BCUT2D eigenvalue weighted by atomic mass is 35.5. The van der Waals surface area contributed by atoms with Crippen LogP contribution in [0, 0.1) is 0 Å². The molecule has 0 aliphatic carbocycles. The molecule has 1 fully saturated rings. The number of aromatic nitrogens is 4. The number of benzene rings is 1. The van der Waals surface area contributed by atoms with Crippen molar-refractivity contribution in [1.82, 2.24) is 24.2 Å². The molecule has 1 saturated heterocycles. The highest BCUT2D eigenvalue weighted by molar-refractivity contribution is 6.18. The summed E-state index contributed by atoms with van der Waals surface area (Å²) in [5, 5.41) is 6.16. The maximum atomic E-state index is 14.9. The van der Waals surface area contributed by atoms with Crippen LogP contribution < -0.4 is 4.90 Å². The molecule has 3 aliphatic heterocycles. The predicted octanol–water partition coefficient (Wildman–Crippen LogP) is 6.28. The molecule has 0 radical (unpaired) electrons. The van der Waals surface area contributed by atoms with Gasteiger partial charge >= 0.3 is 0 Å². The number of hydrogen-bond donors (Lipinski definition) is 0. The monoisotopic (exact) mass is 608 g/mol. The number of halogens is 3. The summed E-state index contributed by atoms with van der Waals surface area (Å²) in [5.41, 5.74) is 6.16. The van der Waals surface area contributed by atoms with Crippen LogP contribution in [0.2, 0.25) is 0 Å². The Hall–Kier alpha value is -3.50. The van der Waals surface area contributed by atoms with Crippen molar-refractivity contribution in [2.24, 2.45) is 0 Å². The number of nitrogens with zero attached hydrogens (tertiary/aromatic N) is 6. The zero-order valence-electron chi connectivity index (χ0n) is 24.2. The molecule has 0 bridgehead atoms. The Labute approximate surface area is 254 Å². The number of aryl methyl sites for hydroxylation is 2. The lowest BCUT2D eigenvalue weighted by molar-refractivity contribution is -0.129. The summed E-state index contributed by atoms with van der Waals surface area (Å²) in [6, 6.07) is 5.71. The first kappa shape index (κ1) is 28.3. The van der Waals surface area contributed by atoms with E-state index in [0.29, 0.717) is 50.8 Å². The Bertz CT molecular complexity index is 1680. The van der Waals surface area contributed by atoms with Gasteiger partial charge in [0.2, 0.25) is 5.91 Å². The van der Waals surface area contributed by atoms with E-state index in [1.165, 1.54) is 0 Å². The summed E-state index contributed by atoms with van der Waals surface area (Å²) < 4.78 is 39.4. The molecule has 1 aromatic carbocycles. The van der Waals surface area contributed by atoms with E-state index in [-0.39, 0.29) is 17.5 Å². The van der Waals surface area contributed by atoms with Gasteiger partial charge in [0, 0.05) is 85.8 Å². The third-order valence-corrected chi connectivity index (χ3v) is 9.39. The lowest BCUT2D eigenvalue weighted by Crippen LogP contribution is -2.36. The smallest absolute Gasteiger partial charge is 0.265 e. The molecule has 4 aromatic rings. The van der Waals surface area contributed by atoms with Crippen molar-refractivity contribution in [2.45, 2.75) is 64.5 Å². The number of alkyl halides is 3. The van der Waals surface area contributed by atoms with Gasteiger partial charge in [0.15, 0.2) is 5.82 Å². The molecule has 6 heterocycles. The second-order valence-corrected chi connectivity index (χ2v) is 12.1. The number of ether oxygens (including phenoxy) is 1. The molecule has 226 valence electrons. The van der Waals surface area contributed by atoms with Gasteiger partial charge in [0.05, 0.1) is 30.0 Å². The fourth-order valence-corrected chi connectivity index (χ4v) is 7.23. The maximum absolute atomic E-state index is 14.9. The number of carbonyl (C=O) groups is 1. The topological polar surface area (TPSA) is 68.4 Å². The van der Waals surface area contributed by atoms with Gasteiger partial charge < -0.3 is 19.1 Å². The van der Waals surface area contributed by atoms with E-state index in [0.717, 1.165) is 76.9 Å². The third kappa shape index (κ3) is 4.98. The summed E-state index contributed by atoms with van der Waals surface area (Å²) in [5.74, 6) is 1.25. The minimum absolute atomic E-state index is 0.0288. The third-order valence-electron chi connectivity index (χ3n) is 9.20. The molecule has 0 N–H and O–H groups in total. The molecule has 43 heavy (non-hydrogen) atoms. The SMILES string of the molecule is CC(=O)N1CCc2c(c(N3CCCc4cc(-n5cc(CCCl)c6ccncc65)c(C(F)F)cc43)nn2C2CCOCC2)C1. The Balaban J connectivity index is 1.36. The first-order valence-corrected chi connectivity index (χ1v) is 15.6. The predicted molar refractivity (Wildman–Crippen MR) is 162 cm³/mol. The largest absolute Gasteiger partial charge is 0.381 e. The Kier molecular flexibility index (Phi) is 7.59. The lowest BCUT2D eigenvalue weighted by atomic mass is 9.96. The quantitative estimate of drug-likeness (QED) is 0.241. The molecule has 7 rings (SSSR count). The Morgan fingerprint density at radius 1 is 1.16 bits per heavy atom. The van der Waals surface area contributed by atoms with Crippen LogP contribution in [0.25, 0.3) is 16.6 Å². The van der Waals surface area contributed by atoms with Gasteiger partial charge in [-0.25, -0.2) is 8.78 Å². The Morgan fingerprint density at radius 3 is 2.77 bits per heavy atom. The summed E-state index contributed by atoms with van der Waals surface area (Å²) in [7, 11) is 0. The summed E-state index contributed by atoms with van der Waals surface area (Å²) >= 11 is 6.08. The van der Waals surface area contributed by atoms with E-state index in [9.17, 15) is 13.6 Å². The van der Waals surface area contributed by atoms with E-state index in [1.54, 1.807) is 25.4 Å². The molecule has 3 aliphatic rings. The fraction of sp³-hybridized carbons (Fsp3) is 0.469. The molecule has 1 amide bonds. The van der Waals surface area contributed by atoms with E-state index >= 15 is 0 Å². The van der Waals surface area contributed by atoms with Crippen LogP contribution in [0.3, 0.4) is 0 Å². The average Bonchev–Trinajstić information content (AvgIpc) is 3.59. The van der Waals surface area contributed by atoms with Crippen molar-refractivity contribution < 1.29 is 18.3 Å². The van der Waals surface area contributed by atoms with E-state index in [1.807, 2.05) is 27.8 Å². The second kappa shape index (κ2) is 11.5. The molecular weight excluding hydrogens is 574 g/mol. The maximum Gasteiger partial charge on any atom is 0.265 e. The molecule has 0 unspecified atom stereocenters. The van der Waals surface area contributed by atoms with E-state index in [2.05, 4.69) is 14.6 Å². The standard InChI is InChI=1S/C32H35ClF2N6O2/c1-20(42)38-12-6-27-26(19-38)32(37-41(27)23-7-13-43-14-8-23)39-11-2-3-21-15-29(25(31(34)35)16-28(21)39)40-18-22(4-9-33)24-5-10-36-17-30(24)40/h5,10,15-18,23,31H,2-4,6-9,11-14,19H2,1H3. The average molecular weight is 609 g/mol.